The average Bonchev–Trinajstić information content (AvgIpc) is 3.91. The highest BCUT2D eigenvalue weighted by atomic mass is 32.1. The summed E-state index contributed by atoms with van der Waals surface area (Å²) in [5.74, 6) is 0. The lowest BCUT2D eigenvalue weighted by molar-refractivity contribution is 1.01. The summed E-state index contributed by atoms with van der Waals surface area (Å²) in [4.78, 5) is 3.78. The number of benzene rings is 9. The fourth-order valence-electron chi connectivity index (χ4n) is 9.65. The summed E-state index contributed by atoms with van der Waals surface area (Å²) in [6, 6.07) is 79.8. The first-order chi connectivity index (χ1) is 31.2. The molecule has 2 nitrogen and oxygen atoms in total. The minimum absolute atomic E-state index is 1.10. The zero-order chi connectivity index (χ0) is 41.7. The zero-order valence-electron chi connectivity index (χ0n) is 34.7. The van der Waals surface area contributed by atoms with Crippen LogP contribution in [0.4, 0.5) is 17.1 Å². The van der Waals surface area contributed by atoms with E-state index in [0.29, 0.717) is 0 Å². The molecule has 9 aromatic carbocycles. The Labute approximate surface area is 371 Å². The number of fused-ring (bicyclic) bond motifs is 6. The van der Waals surface area contributed by atoms with E-state index in [9.17, 15) is 0 Å². The normalized spacial score (nSPS) is 12.3. The van der Waals surface area contributed by atoms with E-state index in [0.717, 1.165) is 35.5 Å². The molecule has 2 aromatic heterocycles. The van der Waals surface area contributed by atoms with Gasteiger partial charge in [0.1, 0.15) is 0 Å². The number of allylic oxidation sites excluding steroid dienone is 1. The van der Waals surface area contributed by atoms with Crippen molar-refractivity contribution in [2.75, 3.05) is 4.90 Å². The third-order valence-corrected chi connectivity index (χ3v) is 13.8. The van der Waals surface area contributed by atoms with Crippen LogP contribution in [0, 0.1) is 0 Å². The molecule has 11 aromatic rings. The van der Waals surface area contributed by atoms with Crippen LogP contribution in [0.3, 0.4) is 0 Å². The molecule has 0 radical (unpaired) electrons. The second kappa shape index (κ2) is 15.6. The van der Waals surface area contributed by atoms with Crippen LogP contribution in [-0.2, 0) is 6.42 Å². The Balaban J connectivity index is 0.948. The van der Waals surface area contributed by atoms with Gasteiger partial charge in [-0.25, -0.2) is 0 Å². The number of hydrogen-bond acceptors (Lipinski definition) is 2. The molecular weight excluding hydrogens is 781 g/mol. The first-order valence-electron chi connectivity index (χ1n) is 21.8. The van der Waals surface area contributed by atoms with Crippen LogP contribution < -0.4 is 4.90 Å². The number of rotatable bonds is 8. The molecule has 0 spiro atoms. The van der Waals surface area contributed by atoms with E-state index in [4.69, 9.17) is 0 Å². The minimum Gasteiger partial charge on any atom is -0.310 e. The van der Waals surface area contributed by atoms with Crippen molar-refractivity contribution in [1.29, 1.82) is 0 Å². The molecule has 3 heteroatoms. The summed E-state index contributed by atoms with van der Waals surface area (Å²) >= 11 is 1.91. The van der Waals surface area contributed by atoms with Gasteiger partial charge in [0.05, 0.1) is 11.0 Å². The van der Waals surface area contributed by atoms with Crippen LogP contribution in [0.1, 0.15) is 16.9 Å². The fraction of sp³-hybridized carbons (Fsp3) is 0.0333. The van der Waals surface area contributed by atoms with Gasteiger partial charge in [-0.15, -0.1) is 11.3 Å². The summed E-state index contributed by atoms with van der Waals surface area (Å²) in [5.41, 5.74) is 18.0. The summed E-state index contributed by atoms with van der Waals surface area (Å²) in [7, 11) is 0. The van der Waals surface area contributed by atoms with Crippen molar-refractivity contribution in [3.05, 3.63) is 235 Å². The number of nitrogens with zero attached hydrogens (tertiary/aromatic N) is 2. The van der Waals surface area contributed by atoms with E-state index in [1.54, 1.807) is 0 Å². The minimum atomic E-state index is 1.10. The fourth-order valence-corrected chi connectivity index (χ4v) is 10.8. The first kappa shape index (κ1) is 37.1. The summed E-state index contributed by atoms with van der Waals surface area (Å²) in [5, 5.41) is 3.93. The van der Waals surface area contributed by atoms with Crippen LogP contribution in [0.5, 0.6) is 0 Å². The van der Waals surface area contributed by atoms with Gasteiger partial charge in [0.2, 0.25) is 0 Å². The number of aryl methyl sites for hydroxylation is 1. The number of para-hydroxylation sites is 1. The molecule has 63 heavy (non-hydrogen) atoms. The maximum Gasteiger partial charge on any atom is 0.0547 e. The van der Waals surface area contributed by atoms with Gasteiger partial charge in [0, 0.05) is 43.1 Å². The van der Waals surface area contributed by atoms with Gasteiger partial charge in [0.15, 0.2) is 0 Å². The van der Waals surface area contributed by atoms with Crippen molar-refractivity contribution in [2.24, 2.45) is 0 Å². The maximum atomic E-state index is 2.47. The largest absolute Gasteiger partial charge is 0.310 e. The Morgan fingerprint density at radius 3 is 1.73 bits per heavy atom. The molecule has 0 N–H and O–H groups in total. The topological polar surface area (TPSA) is 8.17 Å². The van der Waals surface area contributed by atoms with Crippen molar-refractivity contribution >= 4 is 66.4 Å². The number of aromatic nitrogens is 1. The molecule has 0 bridgehead atoms. The lowest BCUT2D eigenvalue weighted by Crippen LogP contribution is -2.10. The molecule has 0 saturated carbocycles. The van der Waals surface area contributed by atoms with E-state index in [1.807, 2.05) is 11.3 Å². The van der Waals surface area contributed by atoms with E-state index >= 15 is 0 Å². The molecule has 1 aliphatic rings. The lowest BCUT2D eigenvalue weighted by atomic mass is 9.95. The Morgan fingerprint density at radius 1 is 0.413 bits per heavy atom. The van der Waals surface area contributed by atoms with Gasteiger partial charge in [-0.05, 0) is 147 Å². The molecule has 1 aliphatic carbocycles. The molecular formula is C60H42N2S. The Kier molecular flexibility index (Phi) is 9.20. The molecule has 0 aliphatic heterocycles. The smallest absolute Gasteiger partial charge is 0.0547 e. The molecule has 0 fully saturated rings. The number of thiophene rings is 1. The van der Waals surface area contributed by atoms with Gasteiger partial charge >= 0.3 is 0 Å². The molecule has 298 valence electrons. The van der Waals surface area contributed by atoms with Crippen LogP contribution in [0.15, 0.2) is 224 Å². The SMILES string of the molecule is C1=Cc2sc3ccc(-n4c5ccccc5c5c(-c6cccc(-c7cccc(N(c8ccc(-c9ccccc9)cc8)c8ccc(-c9ccccc9)cc8)c7)c6)cccc54)cc3c2CC1. The van der Waals surface area contributed by atoms with E-state index in [2.05, 4.69) is 240 Å². The third kappa shape index (κ3) is 6.66. The third-order valence-electron chi connectivity index (χ3n) is 12.7. The van der Waals surface area contributed by atoms with Crippen LogP contribution in [-0.4, -0.2) is 4.57 Å². The molecule has 0 atom stereocenters. The quantitative estimate of drug-likeness (QED) is 0.148. The predicted molar refractivity (Wildman–Crippen MR) is 270 cm³/mol. The maximum absolute atomic E-state index is 2.47. The second-order valence-electron chi connectivity index (χ2n) is 16.4. The lowest BCUT2D eigenvalue weighted by Gasteiger charge is -2.26. The van der Waals surface area contributed by atoms with Crippen molar-refractivity contribution in [3.8, 4) is 50.2 Å². The molecule has 0 saturated heterocycles. The summed E-state index contributed by atoms with van der Waals surface area (Å²) in [6.07, 6.45) is 6.83. The van der Waals surface area contributed by atoms with Crippen LogP contribution in [0.25, 0.3) is 88.2 Å². The molecule has 2 heterocycles. The highest BCUT2D eigenvalue weighted by molar-refractivity contribution is 7.20. The van der Waals surface area contributed by atoms with Crippen LogP contribution >= 0.6 is 11.3 Å². The average molecular weight is 823 g/mol. The Bertz CT molecular complexity index is 3400. The van der Waals surface area contributed by atoms with Gasteiger partial charge < -0.3 is 9.47 Å². The van der Waals surface area contributed by atoms with Gasteiger partial charge in [-0.3, -0.25) is 0 Å². The van der Waals surface area contributed by atoms with Crippen LogP contribution in [0.2, 0.25) is 0 Å². The molecule has 12 rings (SSSR count). The Morgan fingerprint density at radius 2 is 1.00 bits per heavy atom. The zero-order valence-corrected chi connectivity index (χ0v) is 35.5. The predicted octanol–water partition coefficient (Wildman–Crippen LogP) is 17.1. The standard InChI is InChI=1S/C60H42N2S/c1-3-14-41(15-4-1)43-28-32-48(33-29-43)61(49-34-30-44(31-35-49)42-16-5-2-6-17-42)50-21-12-19-46(39-50)45-18-11-20-47(38-45)52-24-13-26-57-60(52)54-23-7-9-25-56(54)62(57)51-36-37-59-55(40-51)53-22-8-10-27-58(53)63-59/h1-7,9-21,23-40H,8,22H2. The van der Waals surface area contributed by atoms with E-state index in [1.165, 1.54) is 87.0 Å². The highest BCUT2D eigenvalue weighted by Gasteiger charge is 2.20. The van der Waals surface area contributed by atoms with Crippen molar-refractivity contribution in [2.45, 2.75) is 12.8 Å². The number of hydrogen-bond donors (Lipinski definition) is 0. The van der Waals surface area contributed by atoms with Gasteiger partial charge in [0.25, 0.3) is 0 Å². The van der Waals surface area contributed by atoms with Crippen molar-refractivity contribution in [1.82, 2.24) is 4.57 Å². The Hall–Kier alpha value is -7.72. The summed E-state index contributed by atoms with van der Waals surface area (Å²) < 4.78 is 3.83. The van der Waals surface area contributed by atoms with E-state index < -0.39 is 0 Å². The first-order valence-corrected chi connectivity index (χ1v) is 22.6. The molecule has 0 amide bonds. The van der Waals surface area contributed by atoms with Gasteiger partial charge in [-0.2, -0.15) is 0 Å². The second-order valence-corrected chi connectivity index (χ2v) is 17.5. The van der Waals surface area contributed by atoms with Crippen molar-refractivity contribution in [3.63, 3.8) is 0 Å². The monoisotopic (exact) mass is 822 g/mol. The van der Waals surface area contributed by atoms with E-state index in [-0.39, 0.29) is 0 Å². The molecule has 0 unspecified atom stereocenters. The number of anilines is 3. The van der Waals surface area contributed by atoms with Gasteiger partial charge in [-0.1, -0.05) is 152 Å². The summed E-state index contributed by atoms with van der Waals surface area (Å²) in [6.45, 7) is 0. The highest BCUT2D eigenvalue weighted by Crippen LogP contribution is 2.43. The van der Waals surface area contributed by atoms with Crippen molar-refractivity contribution < 1.29 is 0 Å².